The number of thiazole rings is 1. The number of hydrogen-bond donors (Lipinski definition) is 1. The van der Waals surface area contributed by atoms with Crippen molar-refractivity contribution in [3.05, 3.63) is 29.3 Å². The Morgan fingerprint density at radius 2 is 2.05 bits per heavy atom. The van der Waals surface area contributed by atoms with Crippen LogP contribution in [0.3, 0.4) is 0 Å². The number of rotatable bonds is 2. The fraction of sp³-hybridized carbons (Fsp3) is 0.385. The van der Waals surface area contributed by atoms with E-state index in [0.717, 1.165) is 10.2 Å². The monoisotopic (exact) mass is 310 g/mol. The van der Waals surface area contributed by atoms with Gasteiger partial charge in [0.2, 0.25) is 0 Å². The third-order valence-electron chi connectivity index (χ3n) is 3.48. The van der Waals surface area contributed by atoms with Crippen LogP contribution in [0.1, 0.15) is 23.2 Å². The van der Waals surface area contributed by atoms with Gasteiger partial charge in [0.1, 0.15) is 9.84 Å². The fourth-order valence-electron chi connectivity index (χ4n) is 2.30. The van der Waals surface area contributed by atoms with E-state index < -0.39 is 9.84 Å². The van der Waals surface area contributed by atoms with Gasteiger partial charge in [-0.2, -0.15) is 0 Å². The highest BCUT2D eigenvalue weighted by atomic mass is 32.2. The number of hydrogen-bond acceptors (Lipinski definition) is 5. The number of benzene rings is 1. The van der Waals surface area contributed by atoms with Gasteiger partial charge in [0, 0.05) is 11.6 Å². The highest BCUT2D eigenvalue weighted by Crippen LogP contribution is 2.19. The first-order valence-corrected chi connectivity index (χ1v) is 9.08. The zero-order valence-electron chi connectivity index (χ0n) is 10.7. The van der Waals surface area contributed by atoms with Crippen LogP contribution in [0.15, 0.2) is 23.7 Å². The van der Waals surface area contributed by atoms with Crippen LogP contribution in [0.2, 0.25) is 0 Å². The maximum absolute atomic E-state index is 12.2. The molecule has 1 aromatic heterocycles. The second kappa shape index (κ2) is 5.14. The van der Waals surface area contributed by atoms with E-state index in [0.29, 0.717) is 18.4 Å². The van der Waals surface area contributed by atoms with Crippen molar-refractivity contribution in [1.29, 1.82) is 0 Å². The van der Waals surface area contributed by atoms with Crippen LogP contribution in [-0.4, -0.2) is 36.9 Å². The van der Waals surface area contributed by atoms with Crippen molar-refractivity contribution in [2.75, 3.05) is 11.5 Å². The van der Waals surface area contributed by atoms with Crippen LogP contribution in [0.4, 0.5) is 0 Å². The minimum absolute atomic E-state index is 0.0526. The summed E-state index contributed by atoms with van der Waals surface area (Å²) in [6.07, 6.45) is 0.994. The molecule has 2 aromatic rings. The van der Waals surface area contributed by atoms with Crippen molar-refractivity contribution in [3.8, 4) is 0 Å². The summed E-state index contributed by atoms with van der Waals surface area (Å²) in [5.41, 5.74) is 3.23. The molecule has 0 radical (unpaired) electrons. The number of carbonyl (C=O) groups excluding carboxylic acids is 1. The largest absolute Gasteiger partial charge is 0.349 e. The first-order valence-electron chi connectivity index (χ1n) is 6.38. The number of amides is 1. The highest BCUT2D eigenvalue weighted by molar-refractivity contribution is 7.91. The van der Waals surface area contributed by atoms with E-state index in [-0.39, 0.29) is 23.5 Å². The number of carbonyl (C=O) groups is 1. The molecule has 106 valence electrons. The maximum Gasteiger partial charge on any atom is 0.251 e. The standard InChI is InChI=1S/C13H14N2O3S2/c16-13(15-10-3-5-20(17,18)6-4-10)9-1-2-11-12(7-9)19-8-14-11/h1-2,7-8,10H,3-6H2,(H,15,16). The number of aromatic nitrogens is 1. The van der Waals surface area contributed by atoms with Crippen LogP contribution in [0.5, 0.6) is 0 Å². The first-order chi connectivity index (χ1) is 9.53. The summed E-state index contributed by atoms with van der Waals surface area (Å²) in [6.45, 7) is 0. The van der Waals surface area contributed by atoms with E-state index in [4.69, 9.17) is 0 Å². The maximum atomic E-state index is 12.2. The van der Waals surface area contributed by atoms with Crippen LogP contribution in [0.25, 0.3) is 10.2 Å². The van der Waals surface area contributed by atoms with Gasteiger partial charge in [0.05, 0.1) is 27.2 Å². The lowest BCUT2D eigenvalue weighted by atomic mass is 10.1. The van der Waals surface area contributed by atoms with Gasteiger partial charge in [0.25, 0.3) is 5.91 Å². The van der Waals surface area contributed by atoms with Crippen molar-refractivity contribution in [3.63, 3.8) is 0 Å². The summed E-state index contributed by atoms with van der Waals surface area (Å²) >= 11 is 1.49. The Labute approximate surface area is 120 Å². The zero-order chi connectivity index (χ0) is 14.2. The summed E-state index contributed by atoms with van der Waals surface area (Å²) in [5.74, 6) is 0.169. The molecule has 1 amide bonds. The van der Waals surface area contributed by atoms with Crippen LogP contribution in [0, 0.1) is 0 Å². The number of sulfone groups is 1. The van der Waals surface area contributed by atoms with Gasteiger partial charge < -0.3 is 5.32 Å². The second-order valence-electron chi connectivity index (χ2n) is 4.93. The Hall–Kier alpha value is -1.47. The van der Waals surface area contributed by atoms with E-state index in [1.54, 1.807) is 11.6 Å². The van der Waals surface area contributed by atoms with Gasteiger partial charge in [0.15, 0.2) is 0 Å². The Bertz CT molecular complexity index is 738. The van der Waals surface area contributed by atoms with Crippen molar-refractivity contribution in [1.82, 2.24) is 10.3 Å². The Morgan fingerprint density at radius 3 is 2.80 bits per heavy atom. The first kappa shape index (κ1) is 13.5. The van der Waals surface area contributed by atoms with Gasteiger partial charge >= 0.3 is 0 Å². The van der Waals surface area contributed by atoms with Gasteiger partial charge in [-0.3, -0.25) is 4.79 Å². The number of fused-ring (bicyclic) bond motifs is 1. The molecular weight excluding hydrogens is 296 g/mol. The van der Waals surface area contributed by atoms with E-state index in [1.807, 2.05) is 12.1 Å². The molecule has 5 nitrogen and oxygen atoms in total. The SMILES string of the molecule is O=C(NC1CCS(=O)(=O)CC1)c1ccc2ncsc2c1. The molecule has 3 rings (SSSR count). The van der Waals surface area contributed by atoms with E-state index >= 15 is 0 Å². The number of nitrogens with zero attached hydrogens (tertiary/aromatic N) is 1. The molecule has 0 unspecified atom stereocenters. The zero-order valence-corrected chi connectivity index (χ0v) is 12.3. The molecule has 2 heterocycles. The summed E-state index contributed by atoms with van der Waals surface area (Å²) in [5, 5.41) is 2.91. The Balaban J connectivity index is 1.70. The Morgan fingerprint density at radius 1 is 1.30 bits per heavy atom. The van der Waals surface area contributed by atoms with E-state index in [1.165, 1.54) is 11.3 Å². The minimum atomic E-state index is -2.90. The second-order valence-corrected chi connectivity index (χ2v) is 8.12. The summed E-state index contributed by atoms with van der Waals surface area (Å²) < 4.78 is 23.7. The molecule has 0 aliphatic carbocycles. The average molecular weight is 310 g/mol. The summed E-state index contributed by atoms with van der Waals surface area (Å²) in [7, 11) is -2.90. The highest BCUT2D eigenvalue weighted by Gasteiger charge is 2.24. The lowest BCUT2D eigenvalue weighted by Gasteiger charge is -2.23. The minimum Gasteiger partial charge on any atom is -0.349 e. The summed E-state index contributed by atoms with van der Waals surface area (Å²) in [6, 6.07) is 5.34. The Kier molecular flexibility index (Phi) is 3.47. The van der Waals surface area contributed by atoms with Crippen LogP contribution >= 0.6 is 11.3 Å². The predicted molar refractivity (Wildman–Crippen MR) is 78.8 cm³/mol. The molecule has 1 N–H and O–H groups in total. The predicted octanol–water partition coefficient (Wildman–Crippen LogP) is 1.60. The van der Waals surface area contributed by atoms with Crippen molar-refractivity contribution in [2.24, 2.45) is 0 Å². The number of nitrogens with one attached hydrogen (secondary N) is 1. The summed E-state index contributed by atoms with van der Waals surface area (Å²) in [4.78, 5) is 16.3. The fourth-order valence-corrected chi connectivity index (χ4v) is 4.51. The quantitative estimate of drug-likeness (QED) is 0.914. The molecule has 1 saturated heterocycles. The molecule has 1 aromatic carbocycles. The van der Waals surface area contributed by atoms with Crippen LogP contribution < -0.4 is 5.32 Å². The normalized spacial score (nSPS) is 19.0. The molecule has 0 saturated carbocycles. The molecule has 0 bridgehead atoms. The molecular formula is C13H14N2O3S2. The topological polar surface area (TPSA) is 76.1 Å². The van der Waals surface area contributed by atoms with Gasteiger partial charge in [-0.15, -0.1) is 11.3 Å². The van der Waals surface area contributed by atoms with Gasteiger partial charge in [-0.05, 0) is 31.0 Å². The average Bonchev–Trinajstić information content (AvgIpc) is 2.88. The van der Waals surface area contributed by atoms with Gasteiger partial charge in [-0.1, -0.05) is 0 Å². The molecule has 1 aliphatic rings. The lowest BCUT2D eigenvalue weighted by Crippen LogP contribution is -2.40. The van der Waals surface area contributed by atoms with E-state index in [2.05, 4.69) is 10.3 Å². The molecule has 7 heteroatoms. The molecule has 0 spiro atoms. The third-order valence-corrected chi connectivity index (χ3v) is 5.99. The van der Waals surface area contributed by atoms with Crippen LogP contribution in [-0.2, 0) is 9.84 Å². The van der Waals surface area contributed by atoms with Gasteiger partial charge in [-0.25, -0.2) is 13.4 Å². The van der Waals surface area contributed by atoms with Crippen molar-refractivity contribution >= 4 is 37.3 Å². The smallest absolute Gasteiger partial charge is 0.251 e. The molecule has 20 heavy (non-hydrogen) atoms. The lowest BCUT2D eigenvalue weighted by molar-refractivity contribution is 0.0934. The molecule has 0 atom stereocenters. The van der Waals surface area contributed by atoms with E-state index in [9.17, 15) is 13.2 Å². The third kappa shape index (κ3) is 2.83. The van der Waals surface area contributed by atoms with Crippen molar-refractivity contribution in [2.45, 2.75) is 18.9 Å². The van der Waals surface area contributed by atoms with Crippen molar-refractivity contribution < 1.29 is 13.2 Å². The molecule has 1 aliphatic heterocycles. The molecule has 1 fully saturated rings.